The highest BCUT2D eigenvalue weighted by atomic mass is 16.5. The van der Waals surface area contributed by atoms with Crippen LogP contribution in [0, 0.1) is 0 Å². The molecule has 0 spiro atoms. The highest BCUT2D eigenvalue weighted by molar-refractivity contribution is 5.79. The van der Waals surface area contributed by atoms with Crippen LogP contribution in [0.2, 0.25) is 0 Å². The van der Waals surface area contributed by atoms with Crippen molar-refractivity contribution in [3.05, 3.63) is 59.7 Å². The molecule has 0 fully saturated rings. The second kappa shape index (κ2) is 13.4. The number of rotatable bonds is 12. The van der Waals surface area contributed by atoms with Crippen molar-refractivity contribution in [2.45, 2.75) is 32.9 Å². The van der Waals surface area contributed by atoms with Gasteiger partial charge in [-0.3, -0.25) is 4.99 Å². The third-order valence-electron chi connectivity index (χ3n) is 4.36. The summed E-state index contributed by atoms with van der Waals surface area (Å²) in [6.45, 7) is 5.62. The maximum atomic E-state index is 5.92. The summed E-state index contributed by atoms with van der Waals surface area (Å²) in [5.41, 5.74) is 2.21. The lowest BCUT2D eigenvalue weighted by Gasteiger charge is -2.14. The first kappa shape index (κ1) is 22.6. The summed E-state index contributed by atoms with van der Waals surface area (Å²) in [6, 6.07) is 16.1. The molecular formula is C23H33N3O3. The maximum absolute atomic E-state index is 5.92. The van der Waals surface area contributed by atoms with Crippen molar-refractivity contribution in [2.75, 3.05) is 33.9 Å². The Morgan fingerprint density at radius 3 is 2.52 bits per heavy atom. The number of aliphatic imine (C=N–C) groups is 1. The molecule has 29 heavy (non-hydrogen) atoms. The zero-order valence-electron chi connectivity index (χ0n) is 17.7. The van der Waals surface area contributed by atoms with Crippen molar-refractivity contribution in [1.29, 1.82) is 0 Å². The van der Waals surface area contributed by atoms with Crippen LogP contribution in [0.25, 0.3) is 0 Å². The Bertz CT molecular complexity index is 735. The van der Waals surface area contributed by atoms with Crippen LogP contribution in [0.5, 0.6) is 11.5 Å². The second-order valence-electron chi connectivity index (χ2n) is 6.52. The fourth-order valence-electron chi connectivity index (χ4n) is 2.76. The monoisotopic (exact) mass is 399 g/mol. The Kier molecular flexibility index (Phi) is 10.5. The van der Waals surface area contributed by atoms with E-state index in [1.54, 1.807) is 14.2 Å². The molecule has 0 aliphatic heterocycles. The van der Waals surface area contributed by atoms with Crippen LogP contribution in [0.4, 0.5) is 0 Å². The highest BCUT2D eigenvalue weighted by Gasteiger charge is 2.07. The Morgan fingerprint density at radius 1 is 0.966 bits per heavy atom. The molecule has 0 bridgehead atoms. The zero-order chi connectivity index (χ0) is 20.7. The molecule has 0 aromatic heterocycles. The van der Waals surface area contributed by atoms with Gasteiger partial charge in [-0.05, 0) is 43.0 Å². The van der Waals surface area contributed by atoms with E-state index in [1.807, 2.05) is 55.5 Å². The molecular weight excluding hydrogens is 366 g/mol. The van der Waals surface area contributed by atoms with Gasteiger partial charge in [-0.15, -0.1) is 0 Å². The molecule has 6 heteroatoms. The summed E-state index contributed by atoms with van der Waals surface area (Å²) in [6.07, 6.45) is 2.08. The predicted octanol–water partition coefficient (Wildman–Crippen LogP) is 3.76. The van der Waals surface area contributed by atoms with E-state index < -0.39 is 0 Å². The van der Waals surface area contributed by atoms with E-state index in [0.717, 1.165) is 61.2 Å². The molecule has 0 saturated heterocycles. The van der Waals surface area contributed by atoms with Gasteiger partial charge >= 0.3 is 0 Å². The zero-order valence-corrected chi connectivity index (χ0v) is 17.7. The number of hydrogen-bond donors (Lipinski definition) is 2. The largest absolute Gasteiger partial charge is 0.493 e. The van der Waals surface area contributed by atoms with Gasteiger partial charge in [0.05, 0.1) is 7.11 Å². The van der Waals surface area contributed by atoms with E-state index in [0.29, 0.717) is 13.2 Å². The van der Waals surface area contributed by atoms with E-state index in [4.69, 9.17) is 14.2 Å². The molecule has 2 aromatic rings. The molecule has 0 heterocycles. The van der Waals surface area contributed by atoms with Crippen LogP contribution < -0.4 is 20.1 Å². The van der Waals surface area contributed by atoms with Crippen molar-refractivity contribution in [1.82, 2.24) is 10.6 Å². The standard InChI is InChI=1S/C23H33N3O3/c1-4-28-15-9-8-14-25-23(24-2)26-17-20-12-13-21(22(16-20)27-3)29-18-19-10-6-5-7-11-19/h5-7,10-13,16H,4,8-9,14-15,17-18H2,1-3H3,(H2,24,25,26). The smallest absolute Gasteiger partial charge is 0.191 e. The van der Waals surface area contributed by atoms with Gasteiger partial charge < -0.3 is 24.8 Å². The van der Waals surface area contributed by atoms with Gasteiger partial charge in [-0.25, -0.2) is 0 Å². The molecule has 2 aromatic carbocycles. The summed E-state index contributed by atoms with van der Waals surface area (Å²) in [4.78, 5) is 4.27. The SMILES string of the molecule is CCOCCCCNC(=NC)NCc1ccc(OCc2ccccc2)c(OC)c1. The Hall–Kier alpha value is -2.73. The number of hydrogen-bond acceptors (Lipinski definition) is 4. The van der Waals surface area contributed by atoms with Crippen LogP contribution >= 0.6 is 0 Å². The number of benzene rings is 2. The Morgan fingerprint density at radius 2 is 1.79 bits per heavy atom. The lowest BCUT2D eigenvalue weighted by Crippen LogP contribution is -2.37. The normalized spacial score (nSPS) is 11.2. The number of methoxy groups -OCH3 is 1. The highest BCUT2D eigenvalue weighted by Crippen LogP contribution is 2.28. The summed E-state index contributed by atoms with van der Waals surface area (Å²) < 4.78 is 16.8. The minimum Gasteiger partial charge on any atom is -0.493 e. The molecule has 0 aliphatic rings. The molecule has 2 N–H and O–H groups in total. The van der Waals surface area contributed by atoms with Crippen molar-refractivity contribution in [2.24, 2.45) is 4.99 Å². The average molecular weight is 400 g/mol. The first-order valence-corrected chi connectivity index (χ1v) is 10.1. The number of ether oxygens (including phenoxy) is 3. The lowest BCUT2D eigenvalue weighted by molar-refractivity contribution is 0.143. The number of nitrogens with one attached hydrogen (secondary N) is 2. The second-order valence-corrected chi connectivity index (χ2v) is 6.52. The third kappa shape index (κ3) is 8.44. The molecule has 0 unspecified atom stereocenters. The van der Waals surface area contributed by atoms with Crippen molar-refractivity contribution >= 4 is 5.96 Å². The van der Waals surface area contributed by atoms with Gasteiger partial charge in [0.1, 0.15) is 6.61 Å². The number of guanidine groups is 1. The summed E-state index contributed by atoms with van der Waals surface area (Å²) in [5, 5.41) is 6.65. The third-order valence-corrected chi connectivity index (χ3v) is 4.36. The fourth-order valence-corrected chi connectivity index (χ4v) is 2.76. The van der Waals surface area contributed by atoms with Gasteiger partial charge in [0.25, 0.3) is 0 Å². The average Bonchev–Trinajstić information content (AvgIpc) is 2.77. The summed E-state index contributed by atoms with van der Waals surface area (Å²) >= 11 is 0. The lowest BCUT2D eigenvalue weighted by atomic mass is 10.2. The minimum absolute atomic E-state index is 0.509. The van der Waals surface area contributed by atoms with E-state index in [-0.39, 0.29) is 0 Å². The number of unbranched alkanes of at least 4 members (excludes halogenated alkanes) is 1. The van der Waals surface area contributed by atoms with Crippen LogP contribution in [-0.4, -0.2) is 39.9 Å². The van der Waals surface area contributed by atoms with Crippen LogP contribution in [0.3, 0.4) is 0 Å². The molecule has 0 aliphatic carbocycles. The van der Waals surface area contributed by atoms with Gasteiger partial charge in [-0.1, -0.05) is 36.4 Å². The van der Waals surface area contributed by atoms with Crippen molar-refractivity contribution in [3.63, 3.8) is 0 Å². The maximum Gasteiger partial charge on any atom is 0.191 e. The molecule has 0 saturated carbocycles. The molecule has 6 nitrogen and oxygen atoms in total. The topological polar surface area (TPSA) is 64.1 Å². The first-order chi connectivity index (χ1) is 14.3. The minimum atomic E-state index is 0.509. The van der Waals surface area contributed by atoms with Gasteiger partial charge in [-0.2, -0.15) is 0 Å². The van der Waals surface area contributed by atoms with Crippen LogP contribution in [0.1, 0.15) is 30.9 Å². The van der Waals surface area contributed by atoms with Crippen LogP contribution in [-0.2, 0) is 17.9 Å². The summed E-state index contributed by atoms with van der Waals surface area (Å²) in [7, 11) is 3.43. The van der Waals surface area contributed by atoms with E-state index >= 15 is 0 Å². The first-order valence-electron chi connectivity index (χ1n) is 10.1. The predicted molar refractivity (Wildman–Crippen MR) is 118 cm³/mol. The summed E-state index contributed by atoms with van der Waals surface area (Å²) in [5.74, 6) is 2.24. The van der Waals surface area contributed by atoms with Crippen LogP contribution in [0.15, 0.2) is 53.5 Å². The molecule has 0 radical (unpaired) electrons. The van der Waals surface area contributed by atoms with E-state index in [1.165, 1.54) is 0 Å². The van der Waals surface area contributed by atoms with Crippen molar-refractivity contribution < 1.29 is 14.2 Å². The molecule has 0 amide bonds. The Balaban J connectivity index is 1.81. The Labute approximate surface area is 174 Å². The van der Waals surface area contributed by atoms with Crippen molar-refractivity contribution in [3.8, 4) is 11.5 Å². The quantitative estimate of drug-likeness (QED) is 0.323. The molecule has 158 valence electrons. The van der Waals surface area contributed by atoms with Gasteiger partial charge in [0.2, 0.25) is 0 Å². The molecule has 2 rings (SSSR count). The van der Waals surface area contributed by atoms with Gasteiger partial charge in [0.15, 0.2) is 17.5 Å². The number of nitrogens with zero attached hydrogens (tertiary/aromatic N) is 1. The van der Waals surface area contributed by atoms with E-state index in [2.05, 4.69) is 15.6 Å². The molecule has 0 atom stereocenters. The van der Waals surface area contributed by atoms with Gasteiger partial charge in [0, 0.05) is 33.4 Å². The van der Waals surface area contributed by atoms with E-state index in [9.17, 15) is 0 Å². The fraction of sp³-hybridized carbons (Fsp3) is 0.435.